The van der Waals surface area contributed by atoms with Crippen LogP contribution in [0, 0.1) is 11.3 Å². The molecule has 0 fully saturated rings. The number of ketones is 1. The van der Waals surface area contributed by atoms with Crippen LogP contribution in [0.3, 0.4) is 0 Å². The minimum absolute atomic E-state index is 0.0275. The van der Waals surface area contributed by atoms with Crippen LogP contribution in [0.4, 0.5) is 17.3 Å². The Hall–Kier alpha value is -4.74. The zero-order valence-corrected chi connectivity index (χ0v) is 19.0. The summed E-state index contributed by atoms with van der Waals surface area (Å²) in [4.78, 5) is 44.2. The van der Waals surface area contributed by atoms with Crippen LogP contribution in [-0.4, -0.2) is 21.7 Å². The van der Waals surface area contributed by atoms with E-state index in [4.69, 9.17) is 11.6 Å². The van der Waals surface area contributed by atoms with Crippen LogP contribution in [0.5, 0.6) is 0 Å². The van der Waals surface area contributed by atoms with Gasteiger partial charge in [0.1, 0.15) is 11.6 Å². The lowest BCUT2D eigenvalue weighted by atomic mass is 10.1. The van der Waals surface area contributed by atoms with Crippen LogP contribution in [-0.2, 0) is 16.0 Å². The Morgan fingerprint density at radius 3 is 2.43 bits per heavy atom. The lowest BCUT2D eigenvalue weighted by molar-refractivity contribution is -0.134. The van der Waals surface area contributed by atoms with Gasteiger partial charge in [0.05, 0.1) is 5.69 Å². The van der Waals surface area contributed by atoms with Crippen molar-refractivity contribution in [1.82, 2.24) is 9.97 Å². The molecule has 4 rings (SSSR count). The second-order valence-electron chi connectivity index (χ2n) is 7.50. The molecule has 0 spiro atoms. The van der Waals surface area contributed by atoms with Gasteiger partial charge in [0.2, 0.25) is 11.7 Å². The summed E-state index contributed by atoms with van der Waals surface area (Å²) in [5, 5.41) is 15.6. The predicted octanol–water partition coefficient (Wildman–Crippen LogP) is 4.46. The van der Waals surface area contributed by atoms with Crippen LogP contribution < -0.4 is 16.2 Å². The Morgan fingerprint density at radius 1 is 0.971 bits per heavy atom. The molecule has 0 atom stereocenters. The highest BCUT2D eigenvalue weighted by Crippen LogP contribution is 2.24. The maximum atomic E-state index is 12.5. The summed E-state index contributed by atoms with van der Waals surface area (Å²) < 4.78 is 0. The van der Waals surface area contributed by atoms with Crippen molar-refractivity contribution in [2.45, 2.75) is 6.42 Å². The molecular formula is C26H18ClN5O3. The predicted molar refractivity (Wildman–Crippen MR) is 134 cm³/mol. The average Bonchev–Trinajstić information content (AvgIpc) is 2.86. The number of nitrogens with zero attached hydrogens (tertiary/aromatic N) is 2. The Kier molecular flexibility index (Phi) is 7.00. The number of halogens is 1. The Bertz CT molecular complexity index is 1490. The van der Waals surface area contributed by atoms with Gasteiger partial charge in [-0.05, 0) is 42.0 Å². The van der Waals surface area contributed by atoms with E-state index >= 15 is 0 Å². The van der Waals surface area contributed by atoms with E-state index < -0.39 is 17.2 Å². The lowest BCUT2D eigenvalue weighted by Crippen LogP contribution is -2.24. The fourth-order valence-electron chi connectivity index (χ4n) is 3.32. The number of aromatic amines is 1. The number of aromatic nitrogens is 2. The first-order valence-corrected chi connectivity index (χ1v) is 10.9. The Balaban J connectivity index is 1.59. The summed E-state index contributed by atoms with van der Waals surface area (Å²) in [5.41, 5.74) is 1.42. The normalized spacial score (nSPS) is 10.3. The van der Waals surface area contributed by atoms with Gasteiger partial charge in [-0.1, -0.05) is 54.1 Å². The number of carbonyl (C=O) groups is 2. The maximum absolute atomic E-state index is 12.5. The standard InChI is InChI=1S/C26H18ClN5O3/c27-18-9-11-19(12-10-18)30-26-31-23(21(15-28)24(34)32-26)17-7-4-8-20(14-17)29-25(35)22(33)13-16-5-2-1-3-6-16/h1-12,14H,13H2,(H,29,35)(H2,30,31,32,34). The molecule has 0 radical (unpaired) electrons. The van der Waals surface area contributed by atoms with Crippen LogP contribution in [0.1, 0.15) is 11.1 Å². The number of hydrogen-bond donors (Lipinski definition) is 3. The summed E-state index contributed by atoms with van der Waals surface area (Å²) in [7, 11) is 0. The van der Waals surface area contributed by atoms with Crippen molar-refractivity contribution >= 4 is 40.6 Å². The summed E-state index contributed by atoms with van der Waals surface area (Å²) in [6, 6.07) is 24.0. The van der Waals surface area contributed by atoms with E-state index in [1.54, 1.807) is 72.8 Å². The Labute approximate surface area is 205 Å². The van der Waals surface area contributed by atoms with E-state index in [1.807, 2.05) is 12.1 Å². The first-order chi connectivity index (χ1) is 16.9. The number of nitriles is 1. The minimum atomic E-state index is -0.768. The van der Waals surface area contributed by atoms with Gasteiger partial charge in [0.25, 0.3) is 11.5 Å². The number of rotatable bonds is 7. The number of benzene rings is 3. The molecule has 4 aromatic rings. The molecule has 0 saturated carbocycles. The van der Waals surface area contributed by atoms with Gasteiger partial charge in [-0.25, -0.2) is 4.98 Å². The van der Waals surface area contributed by atoms with E-state index in [2.05, 4.69) is 20.6 Å². The third-order valence-electron chi connectivity index (χ3n) is 4.99. The third kappa shape index (κ3) is 5.79. The molecule has 0 aliphatic heterocycles. The SMILES string of the molecule is N#Cc1c(-c2cccc(NC(=O)C(=O)Cc3ccccc3)c2)nc(Nc2ccc(Cl)cc2)[nH]c1=O. The van der Waals surface area contributed by atoms with Gasteiger partial charge in [-0.3, -0.25) is 19.4 Å². The van der Waals surface area contributed by atoms with Gasteiger partial charge in [0, 0.05) is 28.4 Å². The molecule has 0 aliphatic rings. The summed E-state index contributed by atoms with van der Waals surface area (Å²) in [5.74, 6) is -1.24. The third-order valence-corrected chi connectivity index (χ3v) is 5.24. The van der Waals surface area contributed by atoms with Crippen LogP contribution in [0.15, 0.2) is 83.7 Å². The number of carbonyl (C=O) groups excluding carboxylic acids is 2. The molecular weight excluding hydrogens is 466 g/mol. The minimum Gasteiger partial charge on any atom is -0.326 e. The fourth-order valence-corrected chi connectivity index (χ4v) is 3.45. The number of hydrogen-bond acceptors (Lipinski definition) is 6. The molecule has 0 bridgehead atoms. The Morgan fingerprint density at radius 2 is 1.71 bits per heavy atom. The van der Waals surface area contributed by atoms with E-state index in [-0.39, 0.29) is 23.6 Å². The largest absolute Gasteiger partial charge is 0.326 e. The first kappa shape index (κ1) is 23.4. The van der Waals surface area contributed by atoms with Crippen molar-refractivity contribution in [3.8, 4) is 17.3 Å². The zero-order valence-electron chi connectivity index (χ0n) is 18.2. The number of amides is 1. The lowest BCUT2D eigenvalue weighted by Gasteiger charge is -2.10. The molecule has 1 amide bonds. The van der Waals surface area contributed by atoms with Crippen molar-refractivity contribution < 1.29 is 9.59 Å². The quantitative estimate of drug-likeness (QED) is 0.333. The van der Waals surface area contributed by atoms with Crippen LogP contribution in [0.2, 0.25) is 5.02 Å². The van der Waals surface area contributed by atoms with Crippen molar-refractivity contribution in [1.29, 1.82) is 5.26 Å². The molecule has 0 aliphatic carbocycles. The van der Waals surface area contributed by atoms with E-state index in [0.29, 0.717) is 22.0 Å². The first-order valence-electron chi connectivity index (χ1n) is 10.5. The molecule has 3 aromatic carbocycles. The zero-order chi connectivity index (χ0) is 24.8. The highest BCUT2D eigenvalue weighted by molar-refractivity contribution is 6.41. The fraction of sp³-hybridized carbons (Fsp3) is 0.0385. The second-order valence-corrected chi connectivity index (χ2v) is 7.94. The van der Waals surface area contributed by atoms with Crippen molar-refractivity contribution in [2.24, 2.45) is 0 Å². The van der Waals surface area contributed by atoms with Crippen molar-refractivity contribution in [3.05, 3.63) is 105 Å². The smallest absolute Gasteiger partial charge is 0.292 e. The molecule has 172 valence electrons. The molecule has 35 heavy (non-hydrogen) atoms. The van der Waals surface area contributed by atoms with Gasteiger partial charge in [-0.15, -0.1) is 0 Å². The molecule has 1 heterocycles. The summed E-state index contributed by atoms with van der Waals surface area (Å²) >= 11 is 5.91. The second kappa shape index (κ2) is 10.5. The molecule has 1 aromatic heterocycles. The summed E-state index contributed by atoms with van der Waals surface area (Å²) in [6.45, 7) is 0. The molecule has 9 heteroatoms. The van der Waals surface area contributed by atoms with Gasteiger partial charge >= 0.3 is 0 Å². The maximum Gasteiger partial charge on any atom is 0.292 e. The number of H-pyrrole nitrogens is 1. The monoisotopic (exact) mass is 483 g/mol. The molecule has 3 N–H and O–H groups in total. The van der Waals surface area contributed by atoms with Crippen LogP contribution >= 0.6 is 11.6 Å². The van der Waals surface area contributed by atoms with E-state index in [1.165, 1.54) is 0 Å². The summed E-state index contributed by atoms with van der Waals surface area (Å²) in [6.07, 6.45) is -0.0275. The van der Waals surface area contributed by atoms with Gasteiger partial charge in [-0.2, -0.15) is 5.26 Å². The molecule has 8 nitrogen and oxygen atoms in total. The highest BCUT2D eigenvalue weighted by Gasteiger charge is 2.17. The molecule has 0 saturated heterocycles. The van der Waals surface area contributed by atoms with Gasteiger partial charge < -0.3 is 10.6 Å². The average molecular weight is 484 g/mol. The van der Waals surface area contributed by atoms with Crippen molar-refractivity contribution in [2.75, 3.05) is 10.6 Å². The topological polar surface area (TPSA) is 128 Å². The van der Waals surface area contributed by atoms with Crippen molar-refractivity contribution in [3.63, 3.8) is 0 Å². The van der Waals surface area contributed by atoms with Gasteiger partial charge in [0.15, 0.2) is 0 Å². The number of anilines is 3. The van der Waals surface area contributed by atoms with E-state index in [9.17, 15) is 19.6 Å². The molecule has 0 unspecified atom stereocenters. The number of nitrogens with one attached hydrogen (secondary N) is 3. The van der Waals surface area contributed by atoms with E-state index in [0.717, 1.165) is 5.56 Å². The number of Topliss-reactive ketones (excluding diaryl/α,β-unsaturated/α-hetero) is 1. The van der Waals surface area contributed by atoms with Crippen LogP contribution in [0.25, 0.3) is 11.3 Å². The highest BCUT2D eigenvalue weighted by atomic mass is 35.5.